The quantitative estimate of drug-likeness (QED) is 0.239. The van der Waals surface area contributed by atoms with Crippen molar-refractivity contribution >= 4 is 23.9 Å². The number of nitrogens with zero attached hydrogens (tertiary/aromatic N) is 1. The van der Waals surface area contributed by atoms with Gasteiger partial charge in [-0.15, -0.1) is 0 Å². The van der Waals surface area contributed by atoms with E-state index in [1.165, 1.54) is 4.90 Å². The maximum absolute atomic E-state index is 14.0. The van der Waals surface area contributed by atoms with Gasteiger partial charge in [0, 0.05) is 19.4 Å². The number of nitrogens with one attached hydrogen (secondary N) is 1. The number of ether oxygens (including phenoxy) is 2. The Hall–Kier alpha value is -4.50. The first-order valence-corrected chi connectivity index (χ1v) is 14.7. The van der Waals surface area contributed by atoms with E-state index in [9.17, 15) is 19.2 Å². The molecule has 0 bridgehead atoms. The van der Waals surface area contributed by atoms with Crippen LogP contribution in [-0.2, 0) is 43.3 Å². The Morgan fingerprint density at radius 3 is 1.86 bits per heavy atom. The Balaban J connectivity index is 1.56. The van der Waals surface area contributed by atoms with E-state index in [2.05, 4.69) is 5.32 Å². The van der Waals surface area contributed by atoms with Crippen LogP contribution in [0.2, 0.25) is 0 Å². The molecule has 9 heteroatoms. The van der Waals surface area contributed by atoms with Crippen molar-refractivity contribution in [2.24, 2.45) is 5.73 Å². The van der Waals surface area contributed by atoms with Crippen molar-refractivity contribution in [3.8, 4) is 0 Å². The summed E-state index contributed by atoms with van der Waals surface area (Å²) in [6.07, 6.45) is 2.02. The number of hydrogen-bond donors (Lipinski definition) is 2. The van der Waals surface area contributed by atoms with Crippen molar-refractivity contribution in [3.05, 3.63) is 108 Å². The summed E-state index contributed by atoms with van der Waals surface area (Å²) in [7, 11) is 0. The fourth-order valence-corrected chi connectivity index (χ4v) is 5.25. The fourth-order valence-electron chi connectivity index (χ4n) is 5.25. The third-order valence-corrected chi connectivity index (χ3v) is 7.71. The molecule has 1 aliphatic carbocycles. The molecule has 43 heavy (non-hydrogen) atoms. The number of esters is 2. The fraction of sp³-hybridized carbons (Fsp3) is 0.353. The van der Waals surface area contributed by atoms with Gasteiger partial charge in [-0.2, -0.15) is 0 Å². The van der Waals surface area contributed by atoms with Crippen molar-refractivity contribution < 1.29 is 28.7 Å². The normalized spacial score (nSPS) is 15.1. The summed E-state index contributed by atoms with van der Waals surface area (Å²) in [6, 6.07) is 25.4. The monoisotopic (exact) mass is 585 g/mol. The second-order valence-corrected chi connectivity index (χ2v) is 10.9. The predicted molar refractivity (Wildman–Crippen MR) is 162 cm³/mol. The molecule has 3 N–H and O–H groups in total. The minimum absolute atomic E-state index is 0.0434. The van der Waals surface area contributed by atoms with E-state index in [0.717, 1.165) is 29.5 Å². The molecular weight excluding hydrogens is 546 g/mol. The molecule has 0 aromatic heterocycles. The number of nitrogens with two attached hydrogens (primary N) is 1. The van der Waals surface area contributed by atoms with Crippen molar-refractivity contribution in [1.82, 2.24) is 10.2 Å². The predicted octanol–water partition coefficient (Wildman–Crippen LogP) is 4.33. The van der Waals surface area contributed by atoms with Gasteiger partial charge in [0.05, 0.1) is 0 Å². The van der Waals surface area contributed by atoms with Crippen LogP contribution in [0.3, 0.4) is 0 Å². The van der Waals surface area contributed by atoms with Gasteiger partial charge in [-0.25, -0.2) is 14.4 Å². The molecule has 3 aromatic rings. The second-order valence-electron chi connectivity index (χ2n) is 10.9. The summed E-state index contributed by atoms with van der Waals surface area (Å²) < 4.78 is 10.8. The Labute approximate surface area is 252 Å². The van der Waals surface area contributed by atoms with Gasteiger partial charge >= 0.3 is 18.0 Å². The zero-order valence-corrected chi connectivity index (χ0v) is 24.4. The van der Waals surface area contributed by atoms with Crippen LogP contribution in [0.15, 0.2) is 91.0 Å². The zero-order chi connectivity index (χ0) is 30.7. The largest absolute Gasteiger partial charge is 0.445 e. The molecule has 0 spiro atoms. The van der Waals surface area contributed by atoms with E-state index in [1.807, 2.05) is 91.0 Å². The lowest BCUT2D eigenvalue weighted by Gasteiger charge is -2.31. The van der Waals surface area contributed by atoms with Crippen LogP contribution in [0, 0.1) is 0 Å². The SMILES string of the molecule is CCN(C(=O)OCc1ccccc1)[C@@H](Cc1ccccc1)C(=O)N[C@@H](Cc1ccccc1)C(=O)OC(=O)C1(N)CCCC1. The molecule has 2 atom stereocenters. The highest BCUT2D eigenvalue weighted by molar-refractivity contribution is 5.96. The number of benzene rings is 3. The summed E-state index contributed by atoms with van der Waals surface area (Å²) in [6.45, 7) is 1.98. The van der Waals surface area contributed by atoms with Crippen LogP contribution >= 0.6 is 0 Å². The van der Waals surface area contributed by atoms with Crippen LogP contribution in [-0.4, -0.2) is 53.0 Å². The molecule has 0 heterocycles. The van der Waals surface area contributed by atoms with Crippen molar-refractivity contribution in [2.75, 3.05) is 6.54 Å². The van der Waals surface area contributed by atoms with E-state index in [0.29, 0.717) is 12.8 Å². The third-order valence-electron chi connectivity index (χ3n) is 7.71. The average Bonchev–Trinajstić information content (AvgIpc) is 3.48. The lowest BCUT2D eigenvalue weighted by atomic mass is 9.99. The summed E-state index contributed by atoms with van der Waals surface area (Å²) >= 11 is 0. The van der Waals surface area contributed by atoms with Crippen LogP contribution in [0.1, 0.15) is 49.3 Å². The van der Waals surface area contributed by atoms with Crippen molar-refractivity contribution in [3.63, 3.8) is 0 Å². The molecule has 0 aliphatic heterocycles. The van der Waals surface area contributed by atoms with Gasteiger partial charge in [0.25, 0.3) is 0 Å². The summed E-state index contributed by atoms with van der Waals surface area (Å²) in [5.41, 5.74) is 7.40. The van der Waals surface area contributed by atoms with Gasteiger partial charge in [0.1, 0.15) is 24.2 Å². The summed E-state index contributed by atoms with van der Waals surface area (Å²) in [5.74, 6) is -2.26. The number of rotatable bonds is 12. The second kappa shape index (κ2) is 15.1. The Morgan fingerprint density at radius 2 is 1.33 bits per heavy atom. The highest BCUT2D eigenvalue weighted by atomic mass is 16.6. The molecule has 1 aliphatic rings. The van der Waals surface area contributed by atoms with Crippen LogP contribution in [0.5, 0.6) is 0 Å². The van der Waals surface area contributed by atoms with E-state index in [4.69, 9.17) is 15.2 Å². The standard InChI is InChI=1S/C34H39N3O6/c1-2-37(33(41)42-24-27-18-10-5-11-19-27)29(23-26-16-8-4-9-17-26)30(38)36-28(22-25-14-6-3-7-15-25)31(39)43-32(40)34(35)20-12-13-21-34/h3-11,14-19,28-29H,2,12-13,20-24,35H2,1H3,(H,36,38)/t28-,29-/m0/s1. The summed E-state index contributed by atoms with van der Waals surface area (Å²) in [5, 5.41) is 2.78. The lowest BCUT2D eigenvalue weighted by molar-refractivity contribution is -0.165. The molecule has 9 nitrogen and oxygen atoms in total. The molecule has 2 amide bonds. The number of carbonyl (C=O) groups excluding carboxylic acids is 4. The minimum Gasteiger partial charge on any atom is -0.445 e. The molecule has 0 saturated heterocycles. The molecule has 0 radical (unpaired) electrons. The number of hydrogen-bond acceptors (Lipinski definition) is 7. The Bertz CT molecular complexity index is 1360. The molecule has 226 valence electrons. The Kier molecular flexibility index (Phi) is 11.0. The van der Waals surface area contributed by atoms with E-state index in [1.54, 1.807) is 6.92 Å². The van der Waals surface area contributed by atoms with Gasteiger partial charge in [-0.05, 0) is 36.5 Å². The average molecular weight is 586 g/mol. The van der Waals surface area contributed by atoms with Crippen molar-refractivity contribution in [2.45, 2.75) is 69.7 Å². The first-order valence-electron chi connectivity index (χ1n) is 14.7. The maximum atomic E-state index is 14.0. The molecule has 4 rings (SSSR count). The summed E-state index contributed by atoms with van der Waals surface area (Å²) in [4.78, 5) is 54.9. The number of likely N-dealkylation sites (N-methyl/N-ethyl adjacent to an activating group) is 1. The smallest absolute Gasteiger partial charge is 0.410 e. The topological polar surface area (TPSA) is 128 Å². The van der Waals surface area contributed by atoms with E-state index < -0.39 is 41.6 Å². The van der Waals surface area contributed by atoms with Crippen LogP contribution in [0.25, 0.3) is 0 Å². The van der Waals surface area contributed by atoms with Gasteiger partial charge < -0.3 is 20.5 Å². The third kappa shape index (κ3) is 8.75. The van der Waals surface area contributed by atoms with E-state index in [-0.39, 0.29) is 26.0 Å². The zero-order valence-electron chi connectivity index (χ0n) is 24.4. The molecule has 1 saturated carbocycles. The highest BCUT2D eigenvalue weighted by Crippen LogP contribution is 2.28. The molecule has 0 unspecified atom stereocenters. The van der Waals surface area contributed by atoms with Crippen LogP contribution in [0.4, 0.5) is 4.79 Å². The van der Waals surface area contributed by atoms with Gasteiger partial charge in [-0.3, -0.25) is 9.69 Å². The highest BCUT2D eigenvalue weighted by Gasteiger charge is 2.41. The maximum Gasteiger partial charge on any atom is 0.410 e. The van der Waals surface area contributed by atoms with Gasteiger partial charge in [0.2, 0.25) is 5.91 Å². The number of carbonyl (C=O) groups is 4. The van der Waals surface area contributed by atoms with Crippen LogP contribution < -0.4 is 11.1 Å². The first kappa shape index (κ1) is 31.4. The Morgan fingerprint density at radius 1 is 0.814 bits per heavy atom. The molecule has 1 fully saturated rings. The first-order chi connectivity index (χ1) is 20.8. The van der Waals surface area contributed by atoms with E-state index >= 15 is 0 Å². The van der Waals surface area contributed by atoms with Crippen molar-refractivity contribution in [1.29, 1.82) is 0 Å². The molecular formula is C34H39N3O6. The number of amides is 2. The van der Waals surface area contributed by atoms with Gasteiger partial charge in [0.15, 0.2) is 0 Å². The minimum atomic E-state index is -1.21. The van der Waals surface area contributed by atoms with Gasteiger partial charge in [-0.1, -0.05) is 104 Å². The lowest BCUT2D eigenvalue weighted by Crippen LogP contribution is -2.56. The molecule has 3 aromatic carbocycles.